The van der Waals surface area contributed by atoms with Crippen LogP contribution in [0, 0.1) is 12.8 Å². The fraction of sp³-hybridized carbons (Fsp3) is 0.500. The fourth-order valence-corrected chi connectivity index (χ4v) is 3.48. The number of carbonyl (C=O) groups is 1. The second kappa shape index (κ2) is 6.64. The first kappa shape index (κ1) is 16.3. The van der Waals surface area contributed by atoms with Crippen LogP contribution in [-0.2, 0) is 11.2 Å². The van der Waals surface area contributed by atoms with Gasteiger partial charge in [-0.15, -0.1) is 0 Å². The number of carbonyl (C=O) groups excluding carboxylic acids is 1. The second-order valence-corrected chi connectivity index (χ2v) is 7.00. The van der Waals surface area contributed by atoms with Gasteiger partial charge in [0, 0.05) is 13.0 Å². The highest BCUT2D eigenvalue weighted by atomic mass is 16.5. The molecule has 132 valence electrons. The number of ether oxygens (including phenoxy) is 1. The number of nitrogens with zero attached hydrogens (tertiary/aromatic N) is 2. The Labute approximate surface area is 148 Å². The van der Waals surface area contributed by atoms with Crippen LogP contribution in [-0.4, -0.2) is 35.0 Å². The maximum Gasteiger partial charge on any atom is 0.291 e. The van der Waals surface area contributed by atoms with Gasteiger partial charge in [-0.25, -0.2) is 4.98 Å². The van der Waals surface area contributed by atoms with Gasteiger partial charge >= 0.3 is 0 Å². The van der Waals surface area contributed by atoms with Crippen molar-refractivity contribution in [1.29, 1.82) is 0 Å². The molecule has 1 aromatic carbocycles. The number of rotatable bonds is 4. The number of amides is 1. The largest absolute Gasteiger partial charge is 0.435 e. The minimum absolute atomic E-state index is 0.0698. The maximum absolute atomic E-state index is 13.1. The van der Waals surface area contributed by atoms with E-state index in [1.165, 1.54) is 12.8 Å². The molecular weight excluding hydrogens is 316 g/mol. The van der Waals surface area contributed by atoms with Gasteiger partial charge in [-0.1, -0.05) is 37.3 Å². The summed E-state index contributed by atoms with van der Waals surface area (Å²) >= 11 is 0. The third kappa shape index (κ3) is 3.33. The molecule has 1 aromatic heterocycles. The molecule has 4 rings (SSSR count). The summed E-state index contributed by atoms with van der Waals surface area (Å²) < 4.78 is 12.0. The summed E-state index contributed by atoms with van der Waals surface area (Å²) in [5.41, 5.74) is 1.79. The SMILES string of the molecule is CCc1nc(C)c(C(=O)N2C[C@@H](c3ccccc3)O[C@@H](C3CC3)C2)o1. The number of hydrogen-bond donors (Lipinski definition) is 0. The average Bonchev–Trinajstić information content (AvgIpc) is 3.44. The summed E-state index contributed by atoms with van der Waals surface area (Å²) in [7, 11) is 0. The molecule has 5 heteroatoms. The van der Waals surface area contributed by atoms with Crippen LogP contribution in [0.15, 0.2) is 34.7 Å². The van der Waals surface area contributed by atoms with E-state index in [1.807, 2.05) is 36.9 Å². The highest BCUT2D eigenvalue weighted by Gasteiger charge is 2.41. The summed E-state index contributed by atoms with van der Waals surface area (Å²) in [6, 6.07) is 10.2. The average molecular weight is 340 g/mol. The zero-order chi connectivity index (χ0) is 17.4. The van der Waals surface area contributed by atoms with Gasteiger partial charge in [-0.05, 0) is 31.2 Å². The highest BCUT2D eigenvalue weighted by molar-refractivity contribution is 5.92. The number of aromatic nitrogens is 1. The molecule has 0 bridgehead atoms. The molecule has 2 aliphatic rings. The predicted octanol–water partition coefficient (Wildman–Crippen LogP) is 3.54. The summed E-state index contributed by atoms with van der Waals surface area (Å²) in [5, 5.41) is 0. The number of benzene rings is 1. The Morgan fingerprint density at radius 3 is 2.64 bits per heavy atom. The second-order valence-electron chi connectivity index (χ2n) is 7.00. The van der Waals surface area contributed by atoms with Gasteiger partial charge < -0.3 is 14.1 Å². The van der Waals surface area contributed by atoms with Gasteiger partial charge in [0.25, 0.3) is 5.91 Å². The van der Waals surface area contributed by atoms with Crippen molar-refractivity contribution in [3.8, 4) is 0 Å². The molecule has 1 aliphatic heterocycles. The van der Waals surface area contributed by atoms with E-state index in [-0.39, 0.29) is 18.1 Å². The smallest absolute Gasteiger partial charge is 0.291 e. The lowest BCUT2D eigenvalue weighted by atomic mass is 10.0. The Kier molecular flexibility index (Phi) is 4.34. The number of oxazole rings is 1. The molecule has 2 atom stereocenters. The van der Waals surface area contributed by atoms with E-state index in [1.54, 1.807) is 0 Å². The van der Waals surface area contributed by atoms with E-state index in [9.17, 15) is 4.79 Å². The minimum Gasteiger partial charge on any atom is -0.435 e. The molecule has 5 nitrogen and oxygen atoms in total. The van der Waals surface area contributed by atoms with E-state index < -0.39 is 0 Å². The van der Waals surface area contributed by atoms with Crippen molar-refractivity contribution in [2.75, 3.05) is 13.1 Å². The molecule has 1 saturated carbocycles. The lowest BCUT2D eigenvalue weighted by Gasteiger charge is -2.38. The first-order chi connectivity index (χ1) is 12.2. The first-order valence-electron chi connectivity index (χ1n) is 9.11. The van der Waals surface area contributed by atoms with Crippen LogP contribution in [0.25, 0.3) is 0 Å². The van der Waals surface area contributed by atoms with E-state index in [4.69, 9.17) is 9.15 Å². The van der Waals surface area contributed by atoms with E-state index >= 15 is 0 Å². The van der Waals surface area contributed by atoms with Gasteiger partial charge in [0.2, 0.25) is 5.76 Å². The van der Waals surface area contributed by atoms with E-state index in [0.717, 1.165) is 5.56 Å². The van der Waals surface area contributed by atoms with Crippen molar-refractivity contribution in [3.05, 3.63) is 53.2 Å². The van der Waals surface area contributed by atoms with Crippen LogP contribution in [0.2, 0.25) is 0 Å². The van der Waals surface area contributed by atoms with Gasteiger partial charge in [-0.3, -0.25) is 4.79 Å². The minimum atomic E-state index is -0.0848. The molecular formula is C20H24N2O3. The molecule has 0 spiro atoms. The molecule has 2 heterocycles. The molecule has 1 amide bonds. The molecule has 1 saturated heterocycles. The van der Waals surface area contributed by atoms with E-state index in [2.05, 4.69) is 17.1 Å². The third-order valence-corrected chi connectivity index (χ3v) is 5.07. The zero-order valence-electron chi connectivity index (χ0n) is 14.8. The molecule has 2 fully saturated rings. The standard InChI is InChI=1S/C20H24N2O3/c1-3-18-21-13(2)19(25-18)20(23)22-11-16(14-7-5-4-6-8-14)24-17(12-22)15-9-10-15/h4-8,15-17H,3,9-12H2,1-2H3/t16-,17+/m0/s1. The summed E-state index contributed by atoms with van der Waals surface area (Å²) in [4.78, 5) is 19.3. The fourth-order valence-electron chi connectivity index (χ4n) is 3.48. The lowest BCUT2D eigenvalue weighted by Crippen LogP contribution is -2.47. The summed E-state index contributed by atoms with van der Waals surface area (Å²) in [5.74, 6) is 1.50. The number of hydrogen-bond acceptors (Lipinski definition) is 4. The number of morpholine rings is 1. The van der Waals surface area contributed by atoms with Crippen molar-refractivity contribution >= 4 is 5.91 Å². The highest BCUT2D eigenvalue weighted by Crippen LogP contribution is 2.39. The Morgan fingerprint density at radius 1 is 1.24 bits per heavy atom. The maximum atomic E-state index is 13.1. The monoisotopic (exact) mass is 340 g/mol. The van der Waals surface area contributed by atoms with Gasteiger partial charge in [0.1, 0.15) is 6.10 Å². The van der Waals surface area contributed by atoms with Gasteiger partial charge in [-0.2, -0.15) is 0 Å². The Balaban J connectivity index is 1.58. The van der Waals surface area contributed by atoms with Crippen LogP contribution in [0.3, 0.4) is 0 Å². The van der Waals surface area contributed by atoms with Gasteiger partial charge in [0.15, 0.2) is 5.89 Å². The van der Waals surface area contributed by atoms with Crippen LogP contribution >= 0.6 is 0 Å². The van der Waals surface area contributed by atoms with Crippen LogP contribution in [0.4, 0.5) is 0 Å². The van der Waals surface area contributed by atoms with Crippen LogP contribution in [0.5, 0.6) is 0 Å². The Bertz CT molecular complexity index is 752. The lowest BCUT2D eigenvalue weighted by molar-refractivity contribution is -0.0869. The van der Waals surface area contributed by atoms with Crippen LogP contribution < -0.4 is 0 Å². The summed E-state index contributed by atoms with van der Waals surface area (Å²) in [6.45, 7) is 4.99. The summed E-state index contributed by atoms with van der Waals surface area (Å²) in [6.07, 6.45) is 3.09. The van der Waals surface area contributed by atoms with Crippen molar-refractivity contribution in [1.82, 2.24) is 9.88 Å². The van der Waals surface area contributed by atoms with Gasteiger partial charge in [0.05, 0.1) is 18.3 Å². The molecule has 1 aliphatic carbocycles. The first-order valence-corrected chi connectivity index (χ1v) is 9.11. The third-order valence-electron chi connectivity index (χ3n) is 5.07. The Hall–Kier alpha value is -2.14. The number of aryl methyl sites for hydroxylation is 2. The quantitative estimate of drug-likeness (QED) is 0.854. The molecule has 0 radical (unpaired) electrons. The van der Waals surface area contributed by atoms with Crippen molar-refractivity contribution in [3.63, 3.8) is 0 Å². The van der Waals surface area contributed by atoms with Crippen LogP contribution in [0.1, 0.15) is 53.6 Å². The molecule has 25 heavy (non-hydrogen) atoms. The zero-order valence-corrected chi connectivity index (χ0v) is 14.8. The van der Waals surface area contributed by atoms with Crippen molar-refractivity contribution in [2.45, 2.75) is 45.3 Å². The predicted molar refractivity (Wildman–Crippen MR) is 93.3 cm³/mol. The topological polar surface area (TPSA) is 55.6 Å². The molecule has 2 aromatic rings. The molecule has 0 N–H and O–H groups in total. The van der Waals surface area contributed by atoms with Crippen molar-refractivity contribution in [2.24, 2.45) is 5.92 Å². The Morgan fingerprint density at radius 2 is 2.00 bits per heavy atom. The normalized spacial score (nSPS) is 23.7. The van der Waals surface area contributed by atoms with E-state index in [0.29, 0.717) is 42.8 Å². The van der Waals surface area contributed by atoms with Crippen molar-refractivity contribution < 1.29 is 13.9 Å². The molecule has 0 unspecified atom stereocenters.